The van der Waals surface area contributed by atoms with Gasteiger partial charge < -0.3 is 36.2 Å². The summed E-state index contributed by atoms with van der Waals surface area (Å²) in [6.07, 6.45) is -2.75. The maximum absolute atomic E-state index is 11.7. The van der Waals surface area contributed by atoms with E-state index in [0.29, 0.717) is 13.0 Å². The molecular weight excluding hydrogens is 280 g/mol. The van der Waals surface area contributed by atoms with E-state index >= 15 is 0 Å². The van der Waals surface area contributed by atoms with E-state index in [-0.39, 0.29) is 12.3 Å². The number of hydrogen-bond donors (Lipinski definition) is 6. The lowest BCUT2D eigenvalue weighted by molar-refractivity contribution is -0.236. The fourth-order valence-corrected chi connectivity index (χ4v) is 2.24. The summed E-state index contributed by atoms with van der Waals surface area (Å²) in [7, 11) is 0. The molecule has 0 radical (unpaired) electrons. The van der Waals surface area contributed by atoms with Crippen LogP contribution in [0.15, 0.2) is 0 Å². The number of unbranched alkanes of at least 4 members (excludes halogenated alkanes) is 3. The fraction of sp³-hybridized carbons (Fsp3) is 0.923. The molecule has 1 amide bonds. The smallest absolute Gasteiger partial charge is 0.222 e. The Labute approximate surface area is 123 Å². The van der Waals surface area contributed by atoms with Crippen molar-refractivity contribution >= 4 is 5.91 Å². The van der Waals surface area contributed by atoms with Crippen LogP contribution in [0.1, 0.15) is 32.1 Å². The van der Waals surface area contributed by atoms with Gasteiger partial charge in [0.15, 0.2) is 6.23 Å². The van der Waals surface area contributed by atoms with Crippen LogP contribution >= 0.6 is 0 Å². The monoisotopic (exact) mass is 306 g/mol. The molecule has 124 valence electrons. The standard InChI is InChI=1S/C13H26N2O6/c14-6-4-2-1-3-5-9(17)15-13-12(20)11(19)10(18)8(7-16)21-13/h8,10-13,16,18-20H,1-7,14H2,(H,15,17)/t8-,10-,11+,12+,13-/m1/s1. The second-order valence-corrected chi connectivity index (χ2v) is 5.27. The Morgan fingerprint density at radius 3 is 2.33 bits per heavy atom. The van der Waals surface area contributed by atoms with Gasteiger partial charge in [-0.15, -0.1) is 0 Å². The minimum absolute atomic E-state index is 0.277. The molecule has 1 aliphatic rings. The number of ether oxygens (including phenoxy) is 1. The Bertz CT molecular complexity index is 315. The predicted molar refractivity (Wildman–Crippen MR) is 74.0 cm³/mol. The molecule has 1 aliphatic heterocycles. The van der Waals surface area contributed by atoms with Crippen molar-refractivity contribution in [1.29, 1.82) is 0 Å². The van der Waals surface area contributed by atoms with E-state index in [2.05, 4.69) is 5.32 Å². The molecule has 0 aromatic carbocycles. The van der Waals surface area contributed by atoms with Gasteiger partial charge in [-0.2, -0.15) is 0 Å². The van der Waals surface area contributed by atoms with Crippen molar-refractivity contribution in [3.63, 3.8) is 0 Å². The van der Waals surface area contributed by atoms with E-state index in [1.54, 1.807) is 0 Å². The number of aliphatic hydroxyl groups excluding tert-OH is 4. The number of nitrogens with one attached hydrogen (secondary N) is 1. The number of carbonyl (C=O) groups excluding carboxylic acids is 1. The van der Waals surface area contributed by atoms with Crippen LogP contribution in [0.4, 0.5) is 0 Å². The van der Waals surface area contributed by atoms with Gasteiger partial charge in [-0.3, -0.25) is 4.79 Å². The Balaban J connectivity index is 2.36. The summed E-state index contributed by atoms with van der Waals surface area (Å²) in [6.45, 7) is 0.119. The summed E-state index contributed by atoms with van der Waals surface area (Å²) in [5.74, 6) is -0.313. The van der Waals surface area contributed by atoms with Gasteiger partial charge in [0.2, 0.25) is 5.91 Å². The van der Waals surface area contributed by atoms with Gasteiger partial charge >= 0.3 is 0 Å². The molecule has 8 heteroatoms. The summed E-state index contributed by atoms with van der Waals surface area (Å²) in [5, 5.41) is 40.5. The van der Waals surface area contributed by atoms with Crippen LogP contribution in [-0.4, -0.2) is 70.1 Å². The second-order valence-electron chi connectivity index (χ2n) is 5.27. The topological polar surface area (TPSA) is 145 Å². The van der Waals surface area contributed by atoms with Crippen molar-refractivity contribution in [2.24, 2.45) is 5.73 Å². The Hall–Kier alpha value is -0.770. The molecule has 8 nitrogen and oxygen atoms in total. The lowest BCUT2D eigenvalue weighted by Gasteiger charge is -2.40. The molecule has 0 unspecified atom stereocenters. The van der Waals surface area contributed by atoms with Crippen molar-refractivity contribution in [3.05, 3.63) is 0 Å². The first-order valence-corrected chi connectivity index (χ1v) is 7.31. The van der Waals surface area contributed by atoms with Crippen molar-refractivity contribution in [1.82, 2.24) is 5.32 Å². The highest BCUT2D eigenvalue weighted by Gasteiger charge is 2.43. The molecule has 0 saturated carbocycles. The van der Waals surface area contributed by atoms with Crippen molar-refractivity contribution in [2.75, 3.05) is 13.2 Å². The third-order valence-electron chi connectivity index (χ3n) is 3.55. The lowest BCUT2D eigenvalue weighted by Crippen LogP contribution is -2.63. The van der Waals surface area contributed by atoms with E-state index in [0.717, 1.165) is 19.3 Å². The first kappa shape index (κ1) is 18.3. The van der Waals surface area contributed by atoms with Gasteiger partial charge in [0, 0.05) is 6.42 Å². The first-order valence-electron chi connectivity index (χ1n) is 7.31. The molecule has 1 saturated heterocycles. The molecule has 21 heavy (non-hydrogen) atoms. The van der Waals surface area contributed by atoms with Crippen LogP contribution in [0, 0.1) is 0 Å². The quantitative estimate of drug-likeness (QED) is 0.279. The zero-order valence-electron chi connectivity index (χ0n) is 12.0. The third kappa shape index (κ3) is 5.50. The molecule has 5 atom stereocenters. The van der Waals surface area contributed by atoms with E-state index in [4.69, 9.17) is 15.6 Å². The maximum atomic E-state index is 11.7. The van der Waals surface area contributed by atoms with Gasteiger partial charge in [-0.05, 0) is 19.4 Å². The molecular formula is C13H26N2O6. The average molecular weight is 306 g/mol. The van der Waals surface area contributed by atoms with Gasteiger partial charge in [0.05, 0.1) is 6.61 Å². The lowest BCUT2D eigenvalue weighted by atomic mass is 9.98. The van der Waals surface area contributed by atoms with E-state index in [1.165, 1.54) is 0 Å². The zero-order valence-corrected chi connectivity index (χ0v) is 12.0. The molecule has 0 aliphatic carbocycles. The molecule has 1 fully saturated rings. The molecule has 1 heterocycles. The van der Waals surface area contributed by atoms with Crippen LogP contribution in [-0.2, 0) is 9.53 Å². The molecule has 1 rings (SSSR count). The molecule has 0 spiro atoms. The normalized spacial score (nSPS) is 32.9. The predicted octanol–water partition coefficient (Wildman–Crippen LogP) is -2.19. The highest BCUT2D eigenvalue weighted by molar-refractivity contribution is 5.76. The second kappa shape index (κ2) is 9.29. The van der Waals surface area contributed by atoms with Crippen LogP contribution in [0.2, 0.25) is 0 Å². The van der Waals surface area contributed by atoms with Crippen molar-refractivity contribution in [3.8, 4) is 0 Å². The van der Waals surface area contributed by atoms with Gasteiger partial charge in [-0.25, -0.2) is 0 Å². The van der Waals surface area contributed by atoms with E-state index < -0.39 is 37.3 Å². The van der Waals surface area contributed by atoms with Crippen molar-refractivity contribution in [2.45, 2.75) is 62.7 Å². The summed E-state index contributed by atoms with van der Waals surface area (Å²) >= 11 is 0. The number of hydrogen-bond acceptors (Lipinski definition) is 7. The van der Waals surface area contributed by atoms with Crippen LogP contribution in [0.3, 0.4) is 0 Å². The SMILES string of the molecule is NCCCCCCC(=O)N[C@@H]1O[C@H](CO)[C@@H](O)[C@H](O)[C@@H]1O. The molecule has 0 bridgehead atoms. The fourth-order valence-electron chi connectivity index (χ4n) is 2.24. The van der Waals surface area contributed by atoms with E-state index in [1.807, 2.05) is 0 Å². The Morgan fingerprint density at radius 2 is 1.71 bits per heavy atom. The van der Waals surface area contributed by atoms with E-state index in [9.17, 15) is 20.1 Å². The summed E-state index contributed by atoms with van der Waals surface area (Å²) in [6, 6.07) is 0. The summed E-state index contributed by atoms with van der Waals surface area (Å²) in [4.78, 5) is 11.7. The van der Waals surface area contributed by atoms with Crippen LogP contribution < -0.4 is 11.1 Å². The molecule has 0 aromatic rings. The summed E-state index contributed by atoms with van der Waals surface area (Å²) in [5.41, 5.74) is 5.37. The third-order valence-corrected chi connectivity index (χ3v) is 3.55. The van der Waals surface area contributed by atoms with Crippen molar-refractivity contribution < 1.29 is 30.0 Å². The molecule has 7 N–H and O–H groups in total. The number of nitrogens with two attached hydrogens (primary N) is 1. The molecule has 0 aromatic heterocycles. The average Bonchev–Trinajstić information content (AvgIpc) is 2.47. The van der Waals surface area contributed by atoms with Gasteiger partial charge in [0.1, 0.15) is 24.4 Å². The van der Waals surface area contributed by atoms with Gasteiger partial charge in [0.25, 0.3) is 0 Å². The van der Waals surface area contributed by atoms with Gasteiger partial charge in [-0.1, -0.05) is 12.8 Å². The Kier molecular flexibility index (Phi) is 8.09. The van der Waals surface area contributed by atoms with Crippen LogP contribution in [0.5, 0.6) is 0 Å². The minimum atomic E-state index is -1.48. The zero-order chi connectivity index (χ0) is 15.8. The summed E-state index contributed by atoms with van der Waals surface area (Å²) < 4.78 is 5.19. The number of carbonyl (C=O) groups is 1. The minimum Gasteiger partial charge on any atom is -0.394 e. The number of amides is 1. The highest BCUT2D eigenvalue weighted by Crippen LogP contribution is 2.19. The van der Waals surface area contributed by atoms with Crippen LogP contribution in [0.25, 0.3) is 0 Å². The number of aliphatic hydroxyl groups is 4. The largest absolute Gasteiger partial charge is 0.394 e. The first-order chi connectivity index (χ1) is 10.0. The Morgan fingerprint density at radius 1 is 1.05 bits per heavy atom. The highest BCUT2D eigenvalue weighted by atomic mass is 16.6. The number of rotatable bonds is 8. The maximum Gasteiger partial charge on any atom is 0.222 e.